The number of methoxy groups -OCH3 is 2. The monoisotopic (exact) mass is 279 g/mol. The van der Waals surface area contributed by atoms with Gasteiger partial charge in [0.15, 0.2) is 11.6 Å². The minimum atomic E-state index is -0.404. The fourth-order valence-electron chi connectivity index (χ4n) is 1.89. The van der Waals surface area contributed by atoms with Gasteiger partial charge in [-0.15, -0.1) is 0 Å². The van der Waals surface area contributed by atoms with Crippen LogP contribution in [0, 0.1) is 12.7 Å². The number of halogens is 1. The van der Waals surface area contributed by atoms with Gasteiger partial charge in [0.2, 0.25) is 5.95 Å². The number of ether oxygens (including phenoxy) is 2. The van der Waals surface area contributed by atoms with E-state index in [4.69, 9.17) is 9.47 Å². The summed E-state index contributed by atoms with van der Waals surface area (Å²) in [7, 11) is 3.08. The van der Waals surface area contributed by atoms with Crippen LogP contribution in [0.3, 0.4) is 0 Å². The molecule has 0 saturated carbocycles. The van der Waals surface area contributed by atoms with Gasteiger partial charge in [0.25, 0.3) is 0 Å². The van der Waals surface area contributed by atoms with Crippen LogP contribution in [0.25, 0.3) is 5.69 Å². The van der Waals surface area contributed by atoms with Gasteiger partial charge in [-0.05, 0) is 19.1 Å². The van der Waals surface area contributed by atoms with Crippen molar-refractivity contribution in [3.05, 3.63) is 35.9 Å². The second-order valence-electron chi connectivity index (χ2n) is 4.31. The predicted molar refractivity (Wildman–Crippen MR) is 75.2 cm³/mol. The molecule has 0 aliphatic carbocycles. The molecule has 1 heterocycles. The number of anilines is 1. The molecule has 1 aromatic heterocycles. The molecule has 0 atom stereocenters. The van der Waals surface area contributed by atoms with Gasteiger partial charge >= 0.3 is 0 Å². The normalized spacial score (nSPS) is 10.6. The Morgan fingerprint density at radius 3 is 2.80 bits per heavy atom. The van der Waals surface area contributed by atoms with Crippen LogP contribution in [0.1, 0.15) is 5.69 Å². The summed E-state index contributed by atoms with van der Waals surface area (Å²) in [6, 6.07) is 4.80. The average molecular weight is 279 g/mol. The number of hydrogen-bond donors (Lipinski definition) is 1. The van der Waals surface area contributed by atoms with E-state index in [2.05, 4.69) is 10.3 Å². The molecule has 0 bridgehead atoms. The zero-order valence-corrected chi connectivity index (χ0v) is 11.8. The van der Waals surface area contributed by atoms with Crippen molar-refractivity contribution in [3.63, 3.8) is 0 Å². The van der Waals surface area contributed by atoms with E-state index < -0.39 is 5.82 Å². The number of rotatable bonds is 6. The third kappa shape index (κ3) is 3.08. The van der Waals surface area contributed by atoms with Crippen LogP contribution in [0.5, 0.6) is 5.75 Å². The van der Waals surface area contributed by atoms with Crippen LogP contribution >= 0.6 is 0 Å². The molecule has 1 N–H and O–H groups in total. The molecule has 0 aliphatic rings. The molecule has 2 rings (SSSR count). The Balaban J connectivity index is 2.29. The first kappa shape index (κ1) is 14.3. The highest BCUT2D eigenvalue weighted by Crippen LogP contribution is 2.23. The molecular weight excluding hydrogens is 261 g/mol. The van der Waals surface area contributed by atoms with E-state index in [1.54, 1.807) is 23.8 Å². The molecule has 1 aromatic carbocycles. The first-order valence-electron chi connectivity index (χ1n) is 6.28. The molecule has 108 valence electrons. The van der Waals surface area contributed by atoms with E-state index in [0.29, 0.717) is 24.8 Å². The molecule has 2 aromatic rings. The molecule has 6 heteroatoms. The van der Waals surface area contributed by atoms with Gasteiger partial charge in [0.05, 0.1) is 25.1 Å². The van der Waals surface area contributed by atoms with Crippen molar-refractivity contribution in [2.24, 2.45) is 0 Å². The SMILES string of the molecule is COCCNc1nc(C)cn1-c1ccc(OC)c(F)c1. The molecule has 0 radical (unpaired) electrons. The Morgan fingerprint density at radius 1 is 1.35 bits per heavy atom. The number of nitrogens with one attached hydrogen (secondary N) is 1. The Kier molecular flexibility index (Phi) is 4.57. The second-order valence-corrected chi connectivity index (χ2v) is 4.31. The molecule has 0 unspecified atom stereocenters. The summed E-state index contributed by atoms with van der Waals surface area (Å²) in [6.45, 7) is 3.09. The van der Waals surface area contributed by atoms with Crippen molar-refractivity contribution < 1.29 is 13.9 Å². The molecule has 0 amide bonds. The lowest BCUT2D eigenvalue weighted by Crippen LogP contribution is -2.11. The van der Waals surface area contributed by atoms with E-state index in [1.807, 2.05) is 13.1 Å². The Morgan fingerprint density at radius 2 is 2.15 bits per heavy atom. The highest BCUT2D eigenvalue weighted by molar-refractivity contribution is 5.45. The minimum absolute atomic E-state index is 0.222. The van der Waals surface area contributed by atoms with Crippen molar-refractivity contribution in [1.29, 1.82) is 0 Å². The second kappa shape index (κ2) is 6.38. The van der Waals surface area contributed by atoms with Crippen molar-refractivity contribution in [2.75, 3.05) is 32.7 Å². The van der Waals surface area contributed by atoms with Crippen molar-refractivity contribution in [1.82, 2.24) is 9.55 Å². The van der Waals surface area contributed by atoms with Crippen molar-refractivity contribution in [2.45, 2.75) is 6.92 Å². The smallest absolute Gasteiger partial charge is 0.207 e. The maximum Gasteiger partial charge on any atom is 0.207 e. The van der Waals surface area contributed by atoms with Crippen LogP contribution in [-0.2, 0) is 4.74 Å². The van der Waals surface area contributed by atoms with Crippen LogP contribution in [0.15, 0.2) is 24.4 Å². The number of imidazole rings is 1. The fourth-order valence-corrected chi connectivity index (χ4v) is 1.89. The van der Waals surface area contributed by atoms with Gasteiger partial charge in [-0.2, -0.15) is 0 Å². The third-order valence-corrected chi connectivity index (χ3v) is 2.83. The maximum atomic E-state index is 13.8. The largest absolute Gasteiger partial charge is 0.494 e. The standard InChI is InChI=1S/C14H18FN3O2/c1-10-9-18(14(17-10)16-6-7-19-2)11-4-5-13(20-3)12(15)8-11/h4-5,8-9H,6-7H2,1-3H3,(H,16,17). The predicted octanol–water partition coefficient (Wildman–Crippen LogP) is 2.39. The van der Waals surface area contributed by atoms with E-state index >= 15 is 0 Å². The maximum absolute atomic E-state index is 13.8. The summed E-state index contributed by atoms with van der Waals surface area (Å²) >= 11 is 0. The van der Waals surface area contributed by atoms with Crippen molar-refractivity contribution >= 4 is 5.95 Å². The topological polar surface area (TPSA) is 48.3 Å². The summed E-state index contributed by atoms with van der Waals surface area (Å²) < 4.78 is 25.5. The van der Waals surface area contributed by atoms with Gasteiger partial charge in [0, 0.05) is 25.9 Å². The molecular formula is C14H18FN3O2. The van der Waals surface area contributed by atoms with Gasteiger partial charge in [0.1, 0.15) is 0 Å². The molecule has 0 saturated heterocycles. The Hall–Kier alpha value is -2.08. The highest BCUT2D eigenvalue weighted by Gasteiger charge is 2.10. The third-order valence-electron chi connectivity index (χ3n) is 2.83. The number of aryl methyl sites for hydroxylation is 1. The highest BCUT2D eigenvalue weighted by atomic mass is 19.1. The first-order valence-corrected chi connectivity index (χ1v) is 6.28. The fraction of sp³-hybridized carbons (Fsp3) is 0.357. The summed E-state index contributed by atoms with van der Waals surface area (Å²) in [6.07, 6.45) is 1.84. The molecule has 0 fully saturated rings. The van der Waals surface area contributed by atoms with Crippen LogP contribution < -0.4 is 10.1 Å². The number of benzene rings is 1. The first-order chi connectivity index (χ1) is 9.65. The lowest BCUT2D eigenvalue weighted by Gasteiger charge is -2.10. The van der Waals surface area contributed by atoms with Gasteiger partial charge in [-0.3, -0.25) is 4.57 Å². The molecule has 20 heavy (non-hydrogen) atoms. The average Bonchev–Trinajstić information content (AvgIpc) is 2.80. The minimum Gasteiger partial charge on any atom is -0.494 e. The number of hydrogen-bond acceptors (Lipinski definition) is 4. The lowest BCUT2D eigenvalue weighted by atomic mass is 10.3. The van der Waals surface area contributed by atoms with E-state index in [-0.39, 0.29) is 5.75 Å². The van der Waals surface area contributed by atoms with Gasteiger partial charge in [-0.1, -0.05) is 0 Å². The van der Waals surface area contributed by atoms with Crippen LogP contribution in [0.4, 0.5) is 10.3 Å². The summed E-state index contributed by atoms with van der Waals surface area (Å²) in [5.74, 6) is 0.475. The number of nitrogens with zero attached hydrogens (tertiary/aromatic N) is 2. The zero-order chi connectivity index (χ0) is 14.5. The Labute approximate surface area is 117 Å². The van der Waals surface area contributed by atoms with Crippen LogP contribution in [-0.4, -0.2) is 36.9 Å². The summed E-state index contributed by atoms with van der Waals surface area (Å²) in [5, 5.41) is 3.15. The summed E-state index contributed by atoms with van der Waals surface area (Å²) in [4.78, 5) is 4.37. The zero-order valence-electron chi connectivity index (χ0n) is 11.8. The Bertz CT molecular complexity index is 584. The quantitative estimate of drug-likeness (QED) is 0.825. The van der Waals surface area contributed by atoms with E-state index in [0.717, 1.165) is 5.69 Å². The van der Waals surface area contributed by atoms with Gasteiger partial charge in [-0.25, -0.2) is 9.37 Å². The van der Waals surface area contributed by atoms with Crippen LogP contribution in [0.2, 0.25) is 0 Å². The number of aromatic nitrogens is 2. The lowest BCUT2D eigenvalue weighted by molar-refractivity contribution is 0.210. The van der Waals surface area contributed by atoms with Crippen molar-refractivity contribution in [3.8, 4) is 11.4 Å². The van der Waals surface area contributed by atoms with E-state index in [9.17, 15) is 4.39 Å². The molecule has 5 nitrogen and oxygen atoms in total. The molecule has 0 spiro atoms. The van der Waals surface area contributed by atoms with Gasteiger partial charge < -0.3 is 14.8 Å². The van der Waals surface area contributed by atoms with E-state index in [1.165, 1.54) is 13.2 Å². The molecule has 0 aliphatic heterocycles. The summed E-state index contributed by atoms with van der Waals surface area (Å²) in [5.41, 5.74) is 1.53.